The first-order valence-electron chi connectivity index (χ1n) is 54.7. The van der Waals surface area contributed by atoms with E-state index < -0.39 is 0 Å². The smallest absolute Gasteiger partial charge is 0.133 e. The molecule has 3 nitrogen and oxygen atoms in total. The van der Waals surface area contributed by atoms with Gasteiger partial charge in [0.15, 0.2) is 0 Å². The number of nitrogens with zero attached hydrogens (tertiary/aromatic N) is 1. The second kappa shape index (κ2) is 37.0. The quantitative estimate of drug-likeness (QED) is 0.178. The van der Waals surface area contributed by atoms with E-state index in [-0.39, 0.29) is 27.1 Å². The number of ketones is 1. The van der Waals surface area contributed by atoms with Gasteiger partial charge in [0.05, 0.1) is 0 Å². The van der Waals surface area contributed by atoms with Crippen molar-refractivity contribution in [1.29, 1.82) is 0 Å². The zero-order valence-electron chi connectivity index (χ0n) is 85.8. The number of Topliss-reactive ketones (excluding diaryl/α,β-unsaturated/α-hetero) is 1. The first-order chi connectivity index (χ1) is 71.0. The fourth-order valence-electron chi connectivity index (χ4n) is 30.5. The molecule has 1 N–H and O–H groups in total. The van der Waals surface area contributed by atoms with Crippen LogP contribution in [0.4, 0.5) is 5.69 Å². The van der Waals surface area contributed by atoms with E-state index in [0.29, 0.717) is 16.6 Å². The van der Waals surface area contributed by atoms with Crippen molar-refractivity contribution >= 4 is 11.5 Å². The molecule has 12 aliphatic carbocycles. The minimum Gasteiger partial charge on any atom is -0.371 e. The Morgan fingerprint density at radius 1 is 0.200 bits per heavy atom. The molecule has 2 aliphatic heterocycles. The van der Waals surface area contributed by atoms with Crippen molar-refractivity contribution in [3.8, 4) is 77.9 Å². The van der Waals surface area contributed by atoms with E-state index in [1.807, 2.05) is 0 Å². The molecule has 2 saturated heterocycles. The molecule has 17 aromatic carbocycles. The molecule has 0 aromatic heterocycles. The summed E-state index contributed by atoms with van der Waals surface area (Å²) >= 11 is 0. The molecular formula is C142H134N2O. The van der Waals surface area contributed by atoms with Crippen LogP contribution in [0.25, 0.3) is 77.9 Å². The first kappa shape index (κ1) is 92.3. The predicted molar refractivity (Wildman–Crippen MR) is 605 cm³/mol. The third-order valence-electron chi connectivity index (χ3n) is 37.2. The molecule has 2 heterocycles. The Morgan fingerprint density at radius 3 is 0.821 bits per heavy atom. The van der Waals surface area contributed by atoms with Gasteiger partial charge in [0.1, 0.15) is 5.78 Å². The van der Waals surface area contributed by atoms with Crippen LogP contribution < -0.4 is 10.2 Å². The SMILES string of the molecule is Cc1ccc2c(c1)C1(CCC(=O)CC1)c1ccccc1-2.Cc1ccc2c(c1)C1(CCCC1)c1ccccc1-2.Cc1ccc2c(c1)C1(CCCCC1)c1ccccc1-2.Cc1ccc2c(c1)C1(CCN(c3ccccc3)CC1)c1ccccc1-2.Cc1ccc2c(c1)C1(CCNCC1)c1ccccc1-2.Cc1ccc2c(c1)C1(CCc3ccccc31)c1ccccc1-2.Cc1ccc2c(c1)C1(Cc3ccccc3C1)c1ccccc1-2. The first-order valence-corrected chi connectivity index (χ1v) is 54.7. The molecule has 5 fully saturated rings. The highest BCUT2D eigenvalue weighted by atomic mass is 16.1. The van der Waals surface area contributed by atoms with E-state index in [0.717, 1.165) is 64.7 Å². The fourth-order valence-corrected chi connectivity index (χ4v) is 30.5. The van der Waals surface area contributed by atoms with Crippen molar-refractivity contribution in [3.05, 3.63) is 515 Å². The Morgan fingerprint density at radius 2 is 0.455 bits per heavy atom. The van der Waals surface area contributed by atoms with Crippen molar-refractivity contribution in [2.45, 2.75) is 221 Å². The van der Waals surface area contributed by atoms with Gasteiger partial charge < -0.3 is 10.2 Å². The van der Waals surface area contributed by atoms with Crippen molar-refractivity contribution in [1.82, 2.24) is 5.32 Å². The lowest BCUT2D eigenvalue weighted by Gasteiger charge is -2.42. The summed E-state index contributed by atoms with van der Waals surface area (Å²) in [5.41, 5.74) is 60.3. The molecule has 1 unspecified atom stereocenters. The summed E-state index contributed by atoms with van der Waals surface area (Å²) in [6.07, 6.45) is 25.1. The van der Waals surface area contributed by atoms with Gasteiger partial charge in [0.2, 0.25) is 0 Å². The lowest BCUT2D eigenvalue weighted by molar-refractivity contribution is -0.121. The van der Waals surface area contributed by atoms with Crippen molar-refractivity contribution < 1.29 is 4.79 Å². The van der Waals surface area contributed by atoms with Gasteiger partial charge in [-0.15, -0.1) is 0 Å². The Bertz CT molecular complexity index is 7770. The number of aryl methyl sites for hydroxylation is 8. The summed E-state index contributed by atoms with van der Waals surface area (Å²) in [4.78, 5) is 14.2. The standard InChI is InChI=1S/C24H23N.2C22H18.C19H18O.C19H20.C18H19N.C18H18/c1-18-11-12-21-20-9-5-6-10-22(20)24(23(21)17-18)13-15-25(16-14-24)19-7-3-2-4-8-19;1-15-10-11-18-17-7-3-5-9-20(17)22(21(18)14-15)13-12-16-6-2-4-8-19(16)22;1-15-10-11-19-18-8-4-5-9-20(18)22(21(19)12-15)13-16-6-2-3-7-17(16)14-22;1-13-6-7-16-15-4-2-3-5-17(15)19(18(16)12-13)10-8-14(20)9-11-19;1-14-9-10-16-15-7-3-4-8-17(15)19(18(16)13-14)11-5-2-6-12-19;1-13-6-7-15-14-4-2-3-5-16(14)18(17(15)12-13)8-10-19-11-9-18;1-13-8-9-15-14-6-2-3-7-16(14)18(17(15)12-13)10-4-5-11-18/h2-12,17H,13-16H2,1H3;2-11,14H,12-13H2,1H3;2-12H,13-14H2,1H3;2-7,12H,8-11H2,1H3;3-4,7-10,13H,2,5-6,11-12H2,1H3;2-7,12,19H,8-11H2,1H3;2-3,6-9,12H,4-5,10-11H2,1H3. The number of fused-ring (bicyclic) bond motifs is 38. The minimum atomic E-state index is 0.0779. The maximum Gasteiger partial charge on any atom is 0.133 e. The lowest BCUT2D eigenvalue weighted by atomic mass is 9.67. The van der Waals surface area contributed by atoms with Gasteiger partial charge in [-0.2, -0.15) is 0 Å². The highest BCUT2D eigenvalue weighted by Crippen LogP contribution is 2.64. The minimum absolute atomic E-state index is 0.0779. The lowest BCUT2D eigenvalue weighted by Crippen LogP contribution is -2.42. The van der Waals surface area contributed by atoms with Crippen molar-refractivity contribution in [2.24, 2.45) is 0 Å². The second-order valence-electron chi connectivity index (χ2n) is 45.2. The molecule has 0 radical (unpaired) electrons. The third-order valence-corrected chi connectivity index (χ3v) is 37.2. The van der Waals surface area contributed by atoms with Crippen LogP contribution in [0.1, 0.15) is 255 Å². The number of carbonyl (C=O) groups is 1. The number of benzene rings is 17. The summed E-state index contributed by atoms with van der Waals surface area (Å²) in [6.45, 7) is 19.9. The second-order valence-corrected chi connectivity index (χ2v) is 45.2. The topological polar surface area (TPSA) is 32.3 Å². The molecule has 7 spiro atoms. The average Bonchev–Trinajstić information content (AvgIpc) is 1.52. The summed E-state index contributed by atoms with van der Waals surface area (Å²) < 4.78 is 0. The number of anilines is 1. The fraction of sp³-hybridized carbons (Fsp3) is 0.275. The number of rotatable bonds is 1. The van der Waals surface area contributed by atoms with Gasteiger partial charge in [0.25, 0.3) is 0 Å². The maximum atomic E-state index is 11.7. The summed E-state index contributed by atoms with van der Waals surface area (Å²) in [5.74, 6) is 0.425. The van der Waals surface area contributed by atoms with Gasteiger partial charge in [-0.25, -0.2) is 0 Å². The van der Waals surface area contributed by atoms with Gasteiger partial charge in [-0.1, -0.05) is 435 Å². The van der Waals surface area contributed by atoms with Gasteiger partial charge in [0, 0.05) is 69.5 Å². The summed E-state index contributed by atoms with van der Waals surface area (Å²) in [6, 6.07) is 141. The number of hydrogen-bond donors (Lipinski definition) is 1. The maximum absolute atomic E-state index is 11.7. The van der Waals surface area contributed by atoms with Crippen molar-refractivity contribution in [2.75, 3.05) is 31.1 Å². The van der Waals surface area contributed by atoms with Crippen LogP contribution in [0.2, 0.25) is 0 Å². The Labute approximate surface area is 860 Å². The van der Waals surface area contributed by atoms with E-state index >= 15 is 0 Å². The van der Waals surface area contributed by atoms with Crippen molar-refractivity contribution in [3.63, 3.8) is 0 Å². The Hall–Kier alpha value is -13.8. The van der Waals surface area contributed by atoms with Crippen LogP contribution in [-0.2, 0) is 62.0 Å². The summed E-state index contributed by atoms with van der Waals surface area (Å²) in [5, 5.41) is 3.51. The zero-order valence-corrected chi connectivity index (χ0v) is 85.8. The van der Waals surface area contributed by atoms with E-state index in [1.54, 1.807) is 44.5 Å². The van der Waals surface area contributed by atoms with E-state index in [9.17, 15) is 4.79 Å². The van der Waals surface area contributed by atoms with E-state index in [4.69, 9.17) is 0 Å². The van der Waals surface area contributed by atoms with Crippen LogP contribution >= 0.6 is 0 Å². The molecule has 17 aromatic rings. The van der Waals surface area contributed by atoms with Crippen LogP contribution in [0.15, 0.2) is 376 Å². The molecule has 0 amide bonds. The van der Waals surface area contributed by atoms with Gasteiger partial charge >= 0.3 is 0 Å². The van der Waals surface area contributed by atoms with Crippen LogP contribution in [0.5, 0.6) is 0 Å². The third kappa shape index (κ3) is 15.2. The molecule has 3 heteroatoms. The number of hydrogen-bond acceptors (Lipinski definition) is 3. The number of piperidine rings is 2. The van der Waals surface area contributed by atoms with Gasteiger partial charge in [-0.05, 0) is 342 Å². The molecule has 145 heavy (non-hydrogen) atoms. The van der Waals surface area contributed by atoms with E-state index in [2.05, 4.69) is 435 Å². The molecule has 0 bridgehead atoms. The molecule has 718 valence electrons. The normalized spacial score (nSPS) is 18.6. The molecule has 1 atom stereocenters. The van der Waals surface area contributed by atoms with E-state index in [1.165, 1.54) is 274 Å². The Balaban J connectivity index is 0.0000000886. The van der Waals surface area contributed by atoms with Gasteiger partial charge in [-0.3, -0.25) is 4.79 Å². The zero-order chi connectivity index (χ0) is 98.0. The van der Waals surface area contributed by atoms with Crippen LogP contribution in [0.3, 0.4) is 0 Å². The number of nitrogens with one attached hydrogen (secondary N) is 1. The highest BCUT2D eigenvalue weighted by molar-refractivity contribution is 5.90. The molecule has 31 rings (SSSR count). The predicted octanol–water partition coefficient (Wildman–Crippen LogP) is 34.0. The molecule has 3 saturated carbocycles. The monoisotopic (exact) mass is 1880 g/mol. The van der Waals surface area contributed by atoms with Crippen LogP contribution in [-0.4, -0.2) is 32.0 Å². The average molecular weight is 1880 g/mol. The number of carbonyl (C=O) groups excluding carboxylic acids is 1. The number of para-hydroxylation sites is 1. The molecule has 14 aliphatic rings. The Kier molecular flexibility index (Phi) is 23.6. The highest BCUT2D eigenvalue weighted by Gasteiger charge is 2.53. The van der Waals surface area contributed by atoms with Crippen LogP contribution in [0, 0.1) is 48.5 Å². The largest absolute Gasteiger partial charge is 0.371 e. The molecular weight excluding hydrogens is 1750 g/mol. The summed E-state index contributed by atoms with van der Waals surface area (Å²) in [7, 11) is 0.